The van der Waals surface area contributed by atoms with Gasteiger partial charge in [0.15, 0.2) is 0 Å². The van der Waals surface area contributed by atoms with E-state index in [9.17, 15) is 18.0 Å². The van der Waals surface area contributed by atoms with Gasteiger partial charge in [0.2, 0.25) is 0 Å². The molecule has 0 radical (unpaired) electrons. The minimum Gasteiger partial charge on any atom is -0.425 e. The molecule has 1 atom stereocenters. The Hall–Kier alpha value is -4.00. The van der Waals surface area contributed by atoms with Crippen molar-refractivity contribution in [1.82, 2.24) is 9.97 Å². The van der Waals surface area contributed by atoms with E-state index in [2.05, 4.69) is 0 Å². The number of esters is 1. The Labute approximate surface area is 185 Å². The van der Waals surface area contributed by atoms with E-state index in [1.165, 1.54) is 12.1 Å². The van der Waals surface area contributed by atoms with Gasteiger partial charge in [0.1, 0.15) is 5.75 Å². The van der Waals surface area contributed by atoms with E-state index in [1.807, 2.05) is 48.5 Å². The summed E-state index contributed by atoms with van der Waals surface area (Å²) in [6, 6.07) is 19.9. The minimum absolute atomic E-state index is 0.000309. The Morgan fingerprint density at radius 1 is 0.788 bits per heavy atom. The second-order valence-electron chi connectivity index (χ2n) is 8.05. The molecular weight excluding hydrogens is 429 g/mol. The van der Waals surface area contributed by atoms with Crippen molar-refractivity contribution in [2.24, 2.45) is 0 Å². The molecular formula is C26H15F3N2O2. The molecule has 0 fully saturated rings. The van der Waals surface area contributed by atoms with Gasteiger partial charge >= 0.3 is 12.1 Å². The number of hydrogen-bond donors (Lipinski definition) is 0. The van der Waals surface area contributed by atoms with Gasteiger partial charge in [0, 0.05) is 22.3 Å². The topological polar surface area (TPSA) is 52.1 Å². The molecule has 7 heteroatoms. The molecule has 0 amide bonds. The molecule has 6 rings (SSSR count). The van der Waals surface area contributed by atoms with Gasteiger partial charge in [-0.25, -0.2) is 9.97 Å². The number of fused-ring (bicyclic) bond motifs is 7. The Morgan fingerprint density at radius 3 is 2.06 bits per heavy atom. The van der Waals surface area contributed by atoms with Crippen LogP contribution in [0.3, 0.4) is 0 Å². The fourth-order valence-electron chi connectivity index (χ4n) is 4.56. The second-order valence-corrected chi connectivity index (χ2v) is 8.05. The highest BCUT2D eigenvalue weighted by atomic mass is 19.4. The van der Waals surface area contributed by atoms with E-state index in [0.29, 0.717) is 33.4 Å². The van der Waals surface area contributed by atoms with E-state index in [1.54, 1.807) is 0 Å². The van der Waals surface area contributed by atoms with Crippen molar-refractivity contribution >= 4 is 38.8 Å². The van der Waals surface area contributed by atoms with Crippen molar-refractivity contribution in [3.05, 3.63) is 89.5 Å². The molecule has 0 bridgehead atoms. The molecule has 0 aliphatic carbocycles. The van der Waals surface area contributed by atoms with Crippen LogP contribution in [0.25, 0.3) is 32.8 Å². The summed E-state index contributed by atoms with van der Waals surface area (Å²) in [5.41, 5.74) is 3.19. The lowest BCUT2D eigenvalue weighted by Crippen LogP contribution is -2.22. The summed E-state index contributed by atoms with van der Waals surface area (Å²) in [6.07, 6.45) is -4.43. The van der Waals surface area contributed by atoms with Crippen molar-refractivity contribution in [1.29, 1.82) is 0 Å². The molecule has 162 valence electrons. The summed E-state index contributed by atoms with van der Waals surface area (Å²) < 4.78 is 45.0. The van der Waals surface area contributed by atoms with E-state index >= 15 is 0 Å². The lowest BCUT2D eigenvalue weighted by Gasteiger charge is -2.27. The number of halogens is 3. The number of nitrogens with zero attached hydrogens (tertiary/aromatic N) is 2. The van der Waals surface area contributed by atoms with Gasteiger partial charge in [-0.05, 0) is 29.8 Å². The maximum Gasteiger partial charge on any atom is 0.416 e. The average molecular weight is 444 g/mol. The SMILES string of the molecule is O=C1CC(c2ccc(C(F)(F)F)cc2)c2c(c3ccccc3c3nc4ccccc4nc23)O1. The first-order chi connectivity index (χ1) is 15.9. The van der Waals surface area contributed by atoms with Gasteiger partial charge in [-0.1, -0.05) is 48.5 Å². The van der Waals surface area contributed by atoms with Crippen molar-refractivity contribution < 1.29 is 22.7 Å². The molecule has 0 N–H and O–H groups in total. The number of carbonyl (C=O) groups excluding carboxylic acids is 1. The van der Waals surface area contributed by atoms with Crippen molar-refractivity contribution in [3.63, 3.8) is 0 Å². The Balaban J connectivity index is 1.69. The summed E-state index contributed by atoms with van der Waals surface area (Å²) in [6.45, 7) is 0. The minimum atomic E-state index is -4.44. The van der Waals surface area contributed by atoms with Crippen LogP contribution < -0.4 is 4.74 Å². The Bertz CT molecular complexity index is 1580. The van der Waals surface area contributed by atoms with Crippen LogP contribution in [0, 0.1) is 0 Å². The maximum absolute atomic E-state index is 13.1. The summed E-state index contributed by atoms with van der Waals surface area (Å²) >= 11 is 0. The second kappa shape index (κ2) is 7.00. The summed E-state index contributed by atoms with van der Waals surface area (Å²) in [5, 5.41) is 1.51. The third kappa shape index (κ3) is 3.11. The fraction of sp³-hybridized carbons (Fsp3) is 0.115. The molecule has 1 aliphatic heterocycles. The molecule has 1 unspecified atom stereocenters. The van der Waals surface area contributed by atoms with Crippen LogP contribution in [0.1, 0.15) is 29.0 Å². The van der Waals surface area contributed by atoms with Gasteiger partial charge in [0.25, 0.3) is 0 Å². The van der Waals surface area contributed by atoms with Gasteiger partial charge in [-0.2, -0.15) is 13.2 Å². The van der Waals surface area contributed by atoms with Crippen LogP contribution in [0.5, 0.6) is 5.75 Å². The van der Waals surface area contributed by atoms with Crippen LogP contribution in [-0.4, -0.2) is 15.9 Å². The first kappa shape index (κ1) is 19.7. The number of aromatic nitrogens is 2. The molecule has 4 nitrogen and oxygen atoms in total. The smallest absolute Gasteiger partial charge is 0.416 e. The molecule has 33 heavy (non-hydrogen) atoms. The monoisotopic (exact) mass is 444 g/mol. The van der Waals surface area contributed by atoms with Crippen LogP contribution in [0.2, 0.25) is 0 Å². The molecule has 0 saturated carbocycles. The van der Waals surface area contributed by atoms with Crippen molar-refractivity contribution in [2.45, 2.75) is 18.5 Å². The lowest BCUT2D eigenvalue weighted by molar-refractivity contribution is -0.138. The quantitative estimate of drug-likeness (QED) is 0.130. The molecule has 4 aromatic carbocycles. The molecule has 0 saturated heterocycles. The number of benzene rings is 4. The lowest BCUT2D eigenvalue weighted by atomic mass is 9.83. The molecule has 1 aliphatic rings. The standard InChI is InChI=1S/C26H15F3N2O2/c27-26(28,29)15-11-9-14(10-12-15)18-13-21(32)33-25-17-6-2-1-5-16(17)23-24(22(18)25)31-20-8-4-3-7-19(20)30-23/h1-12,18H,13H2. The highest BCUT2D eigenvalue weighted by Gasteiger charge is 2.35. The van der Waals surface area contributed by atoms with Crippen LogP contribution >= 0.6 is 0 Å². The van der Waals surface area contributed by atoms with Gasteiger partial charge < -0.3 is 4.74 Å². The van der Waals surface area contributed by atoms with E-state index in [0.717, 1.165) is 28.4 Å². The Morgan fingerprint density at radius 2 is 1.39 bits per heavy atom. The largest absolute Gasteiger partial charge is 0.425 e. The number of para-hydroxylation sites is 2. The predicted octanol–water partition coefficient (Wildman–Crippen LogP) is 6.40. The maximum atomic E-state index is 13.1. The van der Waals surface area contributed by atoms with Gasteiger partial charge in [-0.15, -0.1) is 0 Å². The highest BCUT2D eigenvalue weighted by Crippen LogP contribution is 2.47. The molecule has 2 heterocycles. The zero-order chi connectivity index (χ0) is 22.7. The van der Waals surface area contributed by atoms with Crippen molar-refractivity contribution in [2.75, 3.05) is 0 Å². The van der Waals surface area contributed by atoms with Gasteiger partial charge in [0.05, 0.1) is 34.1 Å². The van der Waals surface area contributed by atoms with Gasteiger partial charge in [-0.3, -0.25) is 4.79 Å². The Kier molecular flexibility index (Phi) is 4.17. The number of rotatable bonds is 1. The third-order valence-corrected chi connectivity index (χ3v) is 6.07. The van der Waals surface area contributed by atoms with E-state index in [-0.39, 0.29) is 6.42 Å². The number of hydrogen-bond acceptors (Lipinski definition) is 4. The summed E-state index contributed by atoms with van der Waals surface area (Å²) in [7, 11) is 0. The van der Waals surface area contributed by atoms with Crippen LogP contribution in [0.4, 0.5) is 13.2 Å². The average Bonchev–Trinajstić information content (AvgIpc) is 2.82. The fourth-order valence-corrected chi connectivity index (χ4v) is 4.56. The number of carbonyl (C=O) groups is 1. The predicted molar refractivity (Wildman–Crippen MR) is 118 cm³/mol. The van der Waals surface area contributed by atoms with Crippen LogP contribution in [0.15, 0.2) is 72.8 Å². The normalized spacial score (nSPS) is 16.2. The number of alkyl halides is 3. The molecule has 5 aromatic rings. The zero-order valence-corrected chi connectivity index (χ0v) is 17.1. The summed E-state index contributed by atoms with van der Waals surface area (Å²) in [4.78, 5) is 22.3. The highest BCUT2D eigenvalue weighted by molar-refractivity contribution is 6.12. The number of ether oxygens (including phenoxy) is 1. The first-order valence-electron chi connectivity index (χ1n) is 10.4. The summed E-state index contributed by atoms with van der Waals surface area (Å²) in [5.74, 6) is -0.555. The van der Waals surface area contributed by atoms with Crippen LogP contribution in [-0.2, 0) is 11.0 Å². The third-order valence-electron chi connectivity index (χ3n) is 6.07. The zero-order valence-electron chi connectivity index (χ0n) is 17.1. The first-order valence-corrected chi connectivity index (χ1v) is 10.4. The molecule has 0 spiro atoms. The van der Waals surface area contributed by atoms with E-state index < -0.39 is 23.6 Å². The van der Waals surface area contributed by atoms with E-state index in [4.69, 9.17) is 14.7 Å². The molecule has 1 aromatic heterocycles. The van der Waals surface area contributed by atoms with Crippen molar-refractivity contribution in [3.8, 4) is 5.75 Å².